The number of aromatic nitrogens is 2. The topological polar surface area (TPSA) is 58.6 Å². The smallest absolute Gasteiger partial charge is 0.253 e. The average Bonchev–Trinajstić information content (AvgIpc) is 2.85. The Bertz CT molecular complexity index is 1020. The van der Waals surface area contributed by atoms with E-state index in [0.29, 0.717) is 44.0 Å². The maximum atomic E-state index is 13.1. The number of unbranched alkanes of at least 4 members (excludes halogenated alkanes) is 1. The van der Waals surface area contributed by atoms with Crippen LogP contribution in [0.1, 0.15) is 30.1 Å². The van der Waals surface area contributed by atoms with Crippen LogP contribution in [-0.4, -0.2) is 53.8 Å². The minimum absolute atomic E-state index is 0.0301. The van der Waals surface area contributed by atoms with Crippen molar-refractivity contribution in [2.24, 2.45) is 0 Å². The summed E-state index contributed by atoms with van der Waals surface area (Å²) in [6, 6.07) is 17.4. The number of amides is 1. The highest BCUT2D eigenvalue weighted by Crippen LogP contribution is 2.21. The number of hydrogen-bond donors (Lipinski definition) is 0. The van der Waals surface area contributed by atoms with E-state index >= 15 is 0 Å². The number of benzene rings is 2. The van der Waals surface area contributed by atoms with Crippen LogP contribution in [0, 0.1) is 5.82 Å². The van der Waals surface area contributed by atoms with Crippen LogP contribution < -0.4 is 9.64 Å². The summed E-state index contributed by atoms with van der Waals surface area (Å²) in [5, 5.41) is 8.62. The fraction of sp³-hybridized carbons (Fsp3) is 0.320. The van der Waals surface area contributed by atoms with Crippen LogP contribution in [0.5, 0.6) is 5.75 Å². The van der Waals surface area contributed by atoms with Gasteiger partial charge in [-0.1, -0.05) is 13.3 Å². The first-order valence-electron chi connectivity index (χ1n) is 11.0. The van der Waals surface area contributed by atoms with Crippen LogP contribution in [0.2, 0.25) is 0 Å². The maximum absolute atomic E-state index is 13.1. The SMILES string of the molecule is CCCCOc1ccc(C(=O)N2CCN(c3ccc(-c4ccc(F)cc4)nn3)CC2)cc1. The molecular formula is C25H27FN4O2. The Balaban J connectivity index is 1.31. The largest absolute Gasteiger partial charge is 0.494 e. The van der Waals surface area contributed by atoms with Crippen molar-refractivity contribution in [2.75, 3.05) is 37.7 Å². The van der Waals surface area contributed by atoms with Gasteiger partial charge in [-0.2, -0.15) is 0 Å². The molecule has 166 valence electrons. The molecule has 0 atom stereocenters. The van der Waals surface area contributed by atoms with Crippen molar-refractivity contribution in [2.45, 2.75) is 19.8 Å². The number of nitrogens with zero attached hydrogens (tertiary/aromatic N) is 4. The summed E-state index contributed by atoms with van der Waals surface area (Å²) < 4.78 is 18.8. The van der Waals surface area contributed by atoms with Crippen molar-refractivity contribution in [3.05, 3.63) is 72.0 Å². The number of ether oxygens (including phenoxy) is 1. The first kappa shape index (κ1) is 21.7. The van der Waals surface area contributed by atoms with Gasteiger partial charge >= 0.3 is 0 Å². The summed E-state index contributed by atoms with van der Waals surface area (Å²) in [4.78, 5) is 16.8. The number of anilines is 1. The standard InChI is InChI=1S/C25H27FN4O2/c1-2-3-18-32-22-10-6-20(7-11-22)25(31)30-16-14-29(15-17-30)24-13-12-23(27-28-24)19-4-8-21(26)9-5-19/h4-13H,2-3,14-18H2,1H3. The lowest BCUT2D eigenvalue weighted by atomic mass is 10.1. The Hall–Kier alpha value is -3.48. The zero-order valence-corrected chi connectivity index (χ0v) is 18.2. The Labute approximate surface area is 187 Å². The molecule has 2 heterocycles. The molecule has 0 spiro atoms. The number of carbonyl (C=O) groups excluding carboxylic acids is 1. The molecule has 1 amide bonds. The molecule has 0 unspecified atom stereocenters. The van der Waals surface area contributed by atoms with E-state index in [-0.39, 0.29) is 11.7 Å². The third kappa shape index (κ3) is 5.22. The lowest BCUT2D eigenvalue weighted by Crippen LogP contribution is -2.49. The van der Waals surface area contributed by atoms with Gasteiger partial charge in [0.05, 0.1) is 12.3 Å². The van der Waals surface area contributed by atoms with Crippen LogP contribution in [0.25, 0.3) is 11.3 Å². The molecule has 1 fully saturated rings. The normalized spacial score (nSPS) is 13.8. The number of rotatable bonds is 7. The number of hydrogen-bond acceptors (Lipinski definition) is 5. The third-order valence-corrected chi connectivity index (χ3v) is 5.55. The Morgan fingerprint density at radius 1 is 0.938 bits per heavy atom. The number of piperazine rings is 1. The van der Waals surface area contributed by atoms with E-state index in [9.17, 15) is 9.18 Å². The predicted octanol–water partition coefficient (Wildman–Crippen LogP) is 4.42. The first-order chi connectivity index (χ1) is 15.6. The molecule has 2 aromatic carbocycles. The highest BCUT2D eigenvalue weighted by atomic mass is 19.1. The molecule has 1 aromatic heterocycles. The van der Waals surface area contributed by atoms with Crippen molar-refractivity contribution < 1.29 is 13.9 Å². The number of halogens is 1. The minimum Gasteiger partial charge on any atom is -0.494 e. The van der Waals surface area contributed by atoms with Crippen LogP contribution in [0.3, 0.4) is 0 Å². The van der Waals surface area contributed by atoms with Crippen molar-refractivity contribution in [1.29, 1.82) is 0 Å². The van der Waals surface area contributed by atoms with Gasteiger partial charge in [-0.05, 0) is 67.1 Å². The summed E-state index contributed by atoms with van der Waals surface area (Å²) in [5.74, 6) is 1.32. The predicted molar refractivity (Wildman–Crippen MR) is 122 cm³/mol. The average molecular weight is 435 g/mol. The van der Waals surface area contributed by atoms with Gasteiger partial charge in [0.1, 0.15) is 11.6 Å². The lowest BCUT2D eigenvalue weighted by Gasteiger charge is -2.35. The number of carbonyl (C=O) groups is 1. The van der Waals surface area contributed by atoms with E-state index < -0.39 is 0 Å². The van der Waals surface area contributed by atoms with Crippen molar-refractivity contribution in [3.63, 3.8) is 0 Å². The second kappa shape index (κ2) is 10.2. The summed E-state index contributed by atoms with van der Waals surface area (Å²) >= 11 is 0. The molecule has 4 rings (SSSR count). The highest BCUT2D eigenvalue weighted by molar-refractivity contribution is 5.94. The van der Waals surface area contributed by atoms with Gasteiger partial charge < -0.3 is 14.5 Å². The molecule has 0 saturated carbocycles. The molecule has 32 heavy (non-hydrogen) atoms. The van der Waals surface area contributed by atoms with Crippen molar-refractivity contribution >= 4 is 11.7 Å². The minimum atomic E-state index is -0.276. The summed E-state index contributed by atoms with van der Waals surface area (Å²) in [7, 11) is 0. The molecule has 0 bridgehead atoms. The summed E-state index contributed by atoms with van der Waals surface area (Å²) in [6.07, 6.45) is 2.11. The molecule has 3 aromatic rings. The fourth-order valence-corrected chi connectivity index (χ4v) is 3.62. The van der Waals surface area contributed by atoms with Crippen LogP contribution in [-0.2, 0) is 0 Å². The quantitative estimate of drug-likeness (QED) is 0.515. The Morgan fingerprint density at radius 2 is 1.66 bits per heavy atom. The molecule has 0 N–H and O–H groups in total. The lowest BCUT2D eigenvalue weighted by molar-refractivity contribution is 0.0746. The van der Waals surface area contributed by atoms with Gasteiger partial charge in [0.25, 0.3) is 5.91 Å². The van der Waals surface area contributed by atoms with Crippen LogP contribution in [0.15, 0.2) is 60.7 Å². The fourth-order valence-electron chi connectivity index (χ4n) is 3.62. The second-order valence-electron chi connectivity index (χ2n) is 7.79. The Morgan fingerprint density at radius 3 is 2.28 bits per heavy atom. The van der Waals surface area contributed by atoms with Crippen LogP contribution in [0.4, 0.5) is 10.2 Å². The van der Waals surface area contributed by atoms with Gasteiger partial charge in [0.2, 0.25) is 0 Å². The van der Waals surface area contributed by atoms with Crippen LogP contribution >= 0.6 is 0 Å². The first-order valence-corrected chi connectivity index (χ1v) is 11.0. The van der Waals surface area contributed by atoms with E-state index in [0.717, 1.165) is 30.0 Å². The van der Waals surface area contributed by atoms with Gasteiger partial charge in [-0.15, -0.1) is 10.2 Å². The Kier molecular flexibility index (Phi) is 6.94. The highest BCUT2D eigenvalue weighted by Gasteiger charge is 2.23. The molecule has 7 heteroatoms. The molecule has 6 nitrogen and oxygen atoms in total. The molecular weight excluding hydrogens is 407 g/mol. The van der Waals surface area contributed by atoms with E-state index in [4.69, 9.17) is 4.74 Å². The second-order valence-corrected chi connectivity index (χ2v) is 7.79. The van der Waals surface area contributed by atoms with Crippen molar-refractivity contribution in [3.8, 4) is 17.0 Å². The summed E-state index contributed by atoms with van der Waals surface area (Å²) in [6.45, 7) is 5.44. The van der Waals surface area contributed by atoms with Gasteiger partial charge in [-0.3, -0.25) is 4.79 Å². The monoisotopic (exact) mass is 434 g/mol. The van der Waals surface area contributed by atoms with E-state index in [1.165, 1.54) is 12.1 Å². The van der Waals surface area contributed by atoms with Crippen molar-refractivity contribution in [1.82, 2.24) is 15.1 Å². The summed E-state index contributed by atoms with van der Waals surface area (Å²) in [5.41, 5.74) is 2.19. The molecule has 0 aliphatic carbocycles. The van der Waals surface area contributed by atoms with E-state index in [1.807, 2.05) is 41.3 Å². The molecule has 1 aliphatic rings. The van der Waals surface area contributed by atoms with Gasteiger partial charge in [0, 0.05) is 37.3 Å². The van der Waals surface area contributed by atoms with Gasteiger partial charge in [-0.25, -0.2) is 4.39 Å². The molecule has 1 aliphatic heterocycles. The molecule has 1 saturated heterocycles. The molecule has 0 radical (unpaired) electrons. The van der Waals surface area contributed by atoms with E-state index in [1.54, 1.807) is 12.1 Å². The van der Waals surface area contributed by atoms with E-state index in [2.05, 4.69) is 22.0 Å². The zero-order chi connectivity index (χ0) is 22.3. The van der Waals surface area contributed by atoms with Gasteiger partial charge in [0.15, 0.2) is 5.82 Å². The third-order valence-electron chi connectivity index (χ3n) is 5.55. The zero-order valence-electron chi connectivity index (χ0n) is 18.2. The maximum Gasteiger partial charge on any atom is 0.253 e.